The summed E-state index contributed by atoms with van der Waals surface area (Å²) in [5.74, 6) is -7.38. The number of hydrogen-bond acceptors (Lipinski definition) is 11. The van der Waals surface area contributed by atoms with E-state index in [9.17, 15) is 56.3 Å². The van der Waals surface area contributed by atoms with E-state index in [1.54, 1.807) is 20.8 Å². The summed E-state index contributed by atoms with van der Waals surface area (Å²) in [6.07, 6.45) is 0.513. The monoisotopic (exact) mass is 1250 g/mol. The molecule has 3 aliphatic heterocycles. The van der Waals surface area contributed by atoms with Gasteiger partial charge in [0.1, 0.15) is 59.9 Å². The van der Waals surface area contributed by atoms with E-state index in [1.807, 2.05) is 6.92 Å². The Kier molecular flexibility index (Phi) is 23.3. The molecule has 484 valence electrons. The minimum Gasteiger partial charge on any atom is -0.351 e. The van der Waals surface area contributed by atoms with Crippen molar-refractivity contribution in [2.45, 2.75) is 223 Å². The first-order chi connectivity index (χ1) is 40.8. The third-order valence-electron chi connectivity index (χ3n) is 19.3. The Hall–Kier alpha value is -6.53. The van der Waals surface area contributed by atoms with Crippen LogP contribution in [0.3, 0.4) is 0 Å². The summed E-state index contributed by atoms with van der Waals surface area (Å²) in [5, 5.41) is 11.0. The molecule has 1 spiro atoms. The minimum absolute atomic E-state index is 0.0612. The Morgan fingerprint density at radius 1 is 0.621 bits per heavy atom. The molecule has 1 aromatic carbocycles. The molecule has 11 amide bonds. The Bertz CT molecular complexity index is 2760. The quantitative estimate of drug-likeness (QED) is 0.303. The lowest BCUT2D eigenvalue weighted by atomic mass is 9.90. The summed E-state index contributed by atoms with van der Waals surface area (Å²) < 4.78 is 41.2. The summed E-state index contributed by atoms with van der Waals surface area (Å²) in [6.45, 7) is 11.5. The van der Waals surface area contributed by atoms with Crippen LogP contribution >= 0.6 is 11.6 Å². The highest BCUT2D eigenvalue weighted by Gasteiger charge is 2.51. The van der Waals surface area contributed by atoms with Crippen molar-refractivity contribution in [2.75, 3.05) is 48.3 Å². The number of nitrogens with one attached hydrogen (secondary N) is 4. The molecule has 0 aromatic heterocycles. The molecule has 1 aromatic rings. The number of nitrogens with zero attached hydrogens (tertiary/aromatic N) is 7. The first-order valence-electron chi connectivity index (χ1n) is 30.8. The predicted molar refractivity (Wildman–Crippen MR) is 317 cm³/mol. The topological polar surface area (TPSA) is 259 Å². The predicted octanol–water partition coefficient (Wildman–Crippen LogP) is 4.03. The Morgan fingerprint density at radius 2 is 1.22 bits per heavy atom. The van der Waals surface area contributed by atoms with Gasteiger partial charge in [0, 0.05) is 60.8 Å². The van der Waals surface area contributed by atoms with Gasteiger partial charge in [-0.3, -0.25) is 52.7 Å². The van der Waals surface area contributed by atoms with E-state index in [0.717, 1.165) is 29.9 Å². The van der Waals surface area contributed by atoms with Gasteiger partial charge in [0.2, 0.25) is 65.0 Å². The third-order valence-corrected chi connectivity index (χ3v) is 19.6. The number of amides is 11. The average Bonchev–Trinajstić information content (AvgIpc) is 1.98. The van der Waals surface area contributed by atoms with Crippen molar-refractivity contribution in [1.82, 2.24) is 55.6 Å². The number of hydrogen-bond donors (Lipinski definition) is 4. The van der Waals surface area contributed by atoms with E-state index in [-0.39, 0.29) is 70.4 Å². The van der Waals surface area contributed by atoms with Crippen molar-refractivity contribution < 1.29 is 65.9 Å². The van der Waals surface area contributed by atoms with Crippen LogP contribution in [0, 0.1) is 11.8 Å². The lowest BCUT2D eigenvalue weighted by molar-refractivity contribution is -0.160. The molecule has 87 heavy (non-hydrogen) atoms. The number of halogens is 4. The number of aryl methyl sites for hydroxylation is 1. The fraction of sp³-hybridized carbons (Fsp3) is 0.721. The zero-order valence-corrected chi connectivity index (χ0v) is 53.3. The van der Waals surface area contributed by atoms with Crippen LogP contribution in [-0.4, -0.2) is 214 Å². The smallest absolute Gasteiger partial charge is 0.351 e. The molecule has 0 bridgehead atoms. The number of carbonyl (C=O) groups excluding carboxylic acids is 11. The molecule has 5 fully saturated rings. The average molecular weight is 1250 g/mol. The molecule has 2 saturated carbocycles. The van der Waals surface area contributed by atoms with Crippen LogP contribution < -0.4 is 21.3 Å². The fourth-order valence-corrected chi connectivity index (χ4v) is 13.2. The van der Waals surface area contributed by atoms with E-state index < -0.39 is 154 Å². The van der Waals surface area contributed by atoms with Crippen molar-refractivity contribution in [2.24, 2.45) is 11.8 Å². The third kappa shape index (κ3) is 15.5. The maximum Gasteiger partial charge on any atom is 0.417 e. The van der Waals surface area contributed by atoms with Gasteiger partial charge in [-0.2, -0.15) is 13.2 Å². The Morgan fingerprint density at radius 3 is 1.79 bits per heavy atom. The Labute approximate surface area is 514 Å². The van der Waals surface area contributed by atoms with E-state index in [2.05, 4.69) is 21.3 Å². The normalized spacial score (nSPS) is 29.6. The maximum absolute atomic E-state index is 15.1. The van der Waals surface area contributed by atoms with Crippen LogP contribution in [0.4, 0.5) is 13.2 Å². The van der Waals surface area contributed by atoms with Gasteiger partial charge in [-0.25, -0.2) is 0 Å². The Balaban J connectivity index is 1.35. The molecule has 4 N–H and O–H groups in total. The number of alkyl halides is 3. The molecule has 6 rings (SSSR count). The van der Waals surface area contributed by atoms with Gasteiger partial charge < -0.3 is 55.6 Å². The first-order valence-corrected chi connectivity index (χ1v) is 31.2. The van der Waals surface area contributed by atoms with Crippen molar-refractivity contribution in [3.63, 3.8) is 0 Å². The molecular formula is C61H91ClF3N11O11. The van der Waals surface area contributed by atoms with Crippen LogP contribution in [-0.2, 0) is 65.3 Å². The highest BCUT2D eigenvalue weighted by Crippen LogP contribution is 2.38. The largest absolute Gasteiger partial charge is 0.417 e. The molecule has 3 heterocycles. The van der Waals surface area contributed by atoms with Gasteiger partial charge in [-0.15, -0.1) is 0 Å². The van der Waals surface area contributed by atoms with Gasteiger partial charge in [-0.1, -0.05) is 70.5 Å². The number of benzene rings is 1. The second kappa shape index (κ2) is 29.2. The fourth-order valence-electron chi connectivity index (χ4n) is 12.9. The van der Waals surface area contributed by atoms with Crippen molar-refractivity contribution in [3.05, 3.63) is 34.3 Å². The highest BCUT2D eigenvalue weighted by molar-refractivity contribution is 6.31. The molecule has 3 saturated heterocycles. The van der Waals surface area contributed by atoms with E-state index in [0.29, 0.717) is 44.1 Å². The molecule has 26 heteroatoms. The number of carbonyl (C=O) groups is 11. The van der Waals surface area contributed by atoms with Crippen LogP contribution in [0.25, 0.3) is 0 Å². The molecule has 11 atom stereocenters. The standard InChI is InChI=1S/C61H91ClF3N11O11/c1-13-34(3)48-58(86)72(10)38(7)54(82)76-31-27-46(76)57(85)73(11)44(14-2)56(84)71(9)37(6)50(78)67-43(26-24-39-23-25-41(42(62)33-39)61(63,64)65)55(83)75-30-19-22-45(75)52(80)69-60(28-17-18-29-60)59(87)74(12)49(40-20-15-16-21-40)53(81)66-35(4)32-47(77)70(8)36(5)51(79)68-48/h23,25,33-38,40,43-46,48-49H,13-22,24,26-32H2,1-12H3,(H,66,81)(H,67,78)(H,68,79)(H,69,80)/t34-,35+,36-,37+,38-,43-,44-,45-,46-,48-,49-/m0/s1. The summed E-state index contributed by atoms with van der Waals surface area (Å²) in [6, 6.07) is -7.97. The molecule has 22 nitrogen and oxygen atoms in total. The van der Waals surface area contributed by atoms with E-state index >= 15 is 9.59 Å². The van der Waals surface area contributed by atoms with E-state index in [4.69, 9.17) is 11.6 Å². The van der Waals surface area contributed by atoms with Gasteiger partial charge in [0.15, 0.2) is 0 Å². The summed E-state index contributed by atoms with van der Waals surface area (Å²) in [4.78, 5) is 168. The van der Waals surface area contributed by atoms with Gasteiger partial charge in [0.25, 0.3) is 0 Å². The molecular weight excluding hydrogens is 1160 g/mol. The maximum atomic E-state index is 15.1. The lowest BCUT2D eigenvalue weighted by Gasteiger charge is -2.45. The zero-order valence-electron chi connectivity index (χ0n) is 52.5. The molecule has 5 aliphatic rings. The second-order valence-corrected chi connectivity index (χ2v) is 25.3. The van der Waals surface area contributed by atoms with E-state index in [1.165, 1.54) is 91.5 Å². The summed E-state index contributed by atoms with van der Waals surface area (Å²) in [7, 11) is 7.15. The number of fused-ring (bicyclic) bond motifs is 2. The van der Waals surface area contributed by atoms with Crippen LogP contribution in [0.2, 0.25) is 5.02 Å². The van der Waals surface area contributed by atoms with Crippen molar-refractivity contribution in [3.8, 4) is 0 Å². The van der Waals surface area contributed by atoms with Crippen LogP contribution in [0.5, 0.6) is 0 Å². The second-order valence-electron chi connectivity index (χ2n) is 24.9. The SMILES string of the molecule is CC[C@H](C)[C@@H]1NC(=O)[C@H](C)N(C)C(=O)C[C@@H](C)NC(=O)[C@H](C2CCCC2)N(C)C(=O)C2(CCCC2)NC(=O)[C@@H]2CCCN2C(=O)[C@H](CCc2ccc(C(F)(F)F)c(Cl)c2)NC(=O)[C@@H](C)N(C)C(=O)[C@H](CC)N(C)C(=O)[C@@H]2CCN2C(=O)[C@H](C)N(C)C1=O. The summed E-state index contributed by atoms with van der Waals surface area (Å²) >= 11 is 6.10. The summed E-state index contributed by atoms with van der Waals surface area (Å²) in [5.41, 5.74) is -2.23. The van der Waals surface area contributed by atoms with Gasteiger partial charge >= 0.3 is 6.18 Å². The number of rotatable bonds is 7. The number of likely N-dealkylation sites (N-methyl/N-ethyl adjacent to an activating group) is 5. The van der Waals surface area contributed by atoms with Crippen molar-refractivity contribution in [1.29, 1.82) is 0 Å². The van der Waals surface area contributed by atoms with Crippen LogP contribution in [0.1, 0.15) is 156 Å². The van der Waals surface area contributed by atoms with Gasteiger partial charge in [0.05, 0.1) is 10.6 Å². The zero-order chi connectivity index (χ0) is 64.7. The molecule has 2 aliphatic carbocycles. The van der Waals surface area contributed by atoms with Crippen molar-refractivity contribution >= 4 is 76.6 Å². The van der Waals surface area contributed by atoms with Crippen LogP contribution in [0.15, 0.2) is 18.2 Å². The highest BCUT2D eigenvalue weighted by atomic mass is 35.5. The van der Waals surface area contributed by atoms with Gasteiger partial charge in [-0.05, 0) is 121 Å². The molecule has 0 radical (unpaired) electrons. The first kappa shape index (κ1) is 69.6. The molecule has 0 unspecified atom stereocenters. The minimum atomic E-state index is -4.74. The lowest BCUT2D eigenvalue weighted by Crippen LogP contribution is -2.65.